The van der Waals surface area contributed by atoms with Gasteiger partial charge in [-0.15, -0.1) is 0 Å². The van der Waals surface area contributed by atoms with Crippen molar-refractivity contribution in [3.05, 3.63) is 29.8 Å². The molecule has 0 amide bonds. The predicted octanol–water partition coefficient (Wildman–Crippen LogP) is 2.17. The summed E-state index contributed by atoms with van der Waals surface area (Å²) in [5.41, 5.74) is -0.551. The van der Waals surface area contributed by atoms with Crippen molar-refractivity contribution in [2.45, 2.75) is 18.1 Å². The summed E-state index contributed by atoms with van der Waals surface area (Å²) < 4.78 is 39.2. The second kappa shape index (κ2) is 5.72. The summed E-state index contributed by atoms with van der Waals surface area (Å²) in [5.74, 6) is -1.38. The Kier molecular flexibility index (Phi) is 4.16. The summed E-state index contributed by atoms with van der Waals surface area (Å²) in [6.07, 6.45) is -3.42. The van der Waals surface area contributed by atoms with Crippen LogP contribution in [0.3, 0.4) is 0 Å². The maximum Gasteiger partial charge on any atom is 0.435 e. The number of alkyl halides is 3. The molecule has 0 bridgehead atoms. The molecule has 2 aromatic rings. The van der Waals surface area contributed by atoms with Crippen molar-refractivity contribution in [3.8, 4) is 5.82 Å². The number of hydrogen-bond donors (Lipinski definition) is 1. The van der Waals surface area contributed by atoms with Gasteiger partial charge in [-0.3, -0.25) is 4.79 Å². The van der Waals surface area contributed by atoms with Gasteiger partial charge in [0.05, 0.1) is 5.75 Å². The van der Waals surface area contributed by atoms with Crippen molar-refractivity contribution in [2.75, 3.05) is 5.75 Å². The molecule has 21 heavy (non-hydrogen) atoms. The minimum absolute atomic E-state index is 0.0443. The van der Waals surface area contributed by atoms with Crippen LogP contribution in [0.1, 0.15) is 11.4 Å². The Morgan fingerprint density at radius 2 is 2.10 bits per heavy atom. The summed E-state index contributed by atoms with van der Waals surface area (Å²) in [6, 6.07) is 2.25. The van der Waals surface area contributed by atoms with Gasteiger partial charge >= 0.3 is 12.1 Å². The third-order valence-corrected chi connectivity index (χ3v) is 3.29. The molecule has 0 aliphatic rings. The largest absolute Gasteiger partial charge is 0.481 e. The van der Waals surface area contributed by atoms with E-state index in [-0.39, 0.29) is 16.6 Å². The van der Waals surface area contributed by atoms with Crippen LogP contribution in [0.2, 0.25) is 0 Å². The highest BCUT2D eigenvalue weighted by molar-refractivity contribution is 7.99. The number of rotatable bonds is 4. The lowest BCUT2D eigenvalue weighted by molar-refractivity contribution is -0.141. The van der Waals surface area contributed by atoms with Crippen LogP contribution >= 0.6 is 11.8 Å². The molecular weight excluding hydrogens is 309 g/mol. The van der Waals surface area contributed by atoms with Crippen LogP contribution in [0.5, 0.6) is 0 Å². The van der Waals surface area contributed by atoms with E-state index in [4.69, 9.17) is 5.11 Å². The number of carboxylic acids is 1. The maximum atomic E-state index is 12.7. The molecule has 0 unspecified atom stereocenters. The molecule has 2 aromatic heterocycles. The molecule has 10 heteroatoms. The first kappa shape index (κ1) is 15.3. The number of aliphatic carboxylic acids is 1. The lowest BCUT2D eigenvalue weighted by atomic mass is 10.4. The van der Waals surface area contributed by atoms with E-state index in [1.54, 1.807) is 6.92 Å². The molecule has 1 N–H and O–H groups in total. The second-order valence-electron chi connectivity index (χ2n) is 3.98. The highest BCUT2D eigenvalue weighted by atomic mass is 32.2. The molecule has 0 saturated heterocycles. The molecule has 0 spiro atoms. The summed E-state index contributed by atoms with van der Waals surface area (Å²) in [4.78, 5) is 18.3. The fourth-order valence-corrected chi connectivity index (χ4v) is 2.18. The molecule has 2 rings (SSSR count). The average molecular weight is 318 g/mol. The number of aromatic nitrogens is 4. The van der Waals surface area contributed by atoms with Gasteiger partial charge < -0.3 is 5.11 Å². The zero-order chi connectivity index (χ0) is 15.6. The van der Waals surface area contributed by atoms with Crippen molar-refractivity contribution in [1.29, 1.82) is 0 Å². The Hall–Kier alpha value is -2.10. The highest BCUT2D eigenvalue weighted by Gasteiger charge is 2.35. The molecule has 0 aromatic carbocycles. The van der Waals surface area contributed by atoms with Crippen molar-refractivity contribution in [2.24, 2.45) is 0 Å². The maximum absolute atomic E-state index is 12.7. The summed E-state index contributed by atoms with van der Waals surface area (Å²) in [6.45, 7) is 1.66. The van der Waals surface area contributed by atoms with E-state index in [2.05, 4.69) is 15.1 Å². The number of thioether (sulfide) groups is 1. The minimum Gasteiger partial charge on any atom is -0.481 e. The van der Waals surface area contributed by atoms with Crippen LogP contribution in [0.15, 0.2) is 23.5 Å². The van der Waals surface area contributed by atoms with Crippen LogP contribution in [0.25, 0.3) is 5.82 Å². The van der Waals surface area contributed by atoms with E-state index in [0.29, 0.717) is 5.69 Å². The third-order valence-electron chi connectivity index (χ3n) is 2.32. The Morgan fingerprint density at radius 3 is 2.67 bits per heavy atom. The molecule has 0 aliphatic heterocycles. The van der Waals surface area contributed by atoms with Gasteiger partial charge in [0.15, 0.2) is 11.5 Å². The first-order chi connectivity index (χ1) is 9.77. The standard InChI is InChI=1S/C11H9F3N4O2S/c1-6-2-8(16-5-15-6)18-9(21-4-10(19)20)3-7(17-18)11(12,13)14/h2-3,5H,4H2,1H3,(H,19,20). The molecule has 6 nitrogen and oxygen atoms in total. The van der Waals surface area contributed by atoms with Crippen molar-refractivity contribution in [1.82, 2.24) is 19.7 Å². The monoisotopic (exact) mass is 318 g/mol. The molecule has 0 fully saturated rings. The van der Waals surface area contributed by atoms with Crippen LogP contribution < -0.4 is 0 Å². The van der Waals surface area contributed by atoms with Gasteiger partial charge in [-0.25, -0.2) is 14.6 Å². The van der Waals surface area contributed by atoms with E-state index < -0.39 is 17.8 Å². The zero-order valence-electron chi connectivity index (χ0n) is 10.6. The average Bonchev–Trinajstić information content (AvgIpc) is 2.80. The number of halogens is 3. The normalized spacial score (nSPS) is 11.6. The summed E-state index contributed by atoms with van der Waals surface area (Å²) in [5, 5.41) is 12.2. The van der Waals surface area contributed by atoms with E-state index in [1.165, 1.54) is 12.4 Å². The van der Waals surface area contributed by atoms with Gasteiger partial charge in [0, 0.05) is 17.8 Å². The molecule has 0 radical (unpaired) electrons. The fourth-order valence-electron chi connectivity index (χ4n) is 1.46. The first-order valence-corrected chi connectivity index (χ1v) is 6.57. The summed E-state index contributed by atoms with van der Waals surface area (Å²) in [7, 11) is 0. The van der Waals surface area contributed by atoms with E-state index in [1.807, 2.05) is 0 Å². The lowest BCUT2D eigenvalue weighted by Crippen LogP contribution is -2.08. The molecular formula is C11H9F3N4O2S. The Morgan fingerprint density at radius 1 is 1.38 bits per heavy atom. The van der Waals surface area contributed by atoms with E-state index in [0.717, 1.165) is 22.5 Å². The van der Waals surface area contributed by atoms with Gasteiger partial charge in [-0.05, 0) is 6.92 Å². The topological polar surface area (TPSA) is 80.9 Å². The summed E-state index contributed by atoms with van der Waals surface area (Å²) >= 11 is 0.733. The molecule has 2 heterocycles. The predicted molar refractivity (Wildman–Crippen MR) is 67.3 cm³/mol. The fraction of sp³-hybridized carbons (Fsp3) is 0.273. The van der Waals surface area contributed by atoms with Crippen LogP contribution in [-0.2, 0) is 11.0 Å². The zero-order valence-corrected chi connectivity index (χ0v) is 11.4. The van der Waals surface area contributed by atoms with Crippen LogP contribution in [-0.4, -0.2) is 36.6 Å². The van der Waals surface area contributed by atoms with Crippen LogP contribution in [0.4, 0.5) is 13.2 Å². The first-order valence-electron chi connectivity index (χ1n) is 5.58. The van der Waals surface area contributed by atoms with E-state index in [9.17, 15) is 18.0 Å². The molecule has 0 aliphatic carbocycles. The van der Waals surface area contributed by atoms with Gasteiger partial charge in [-0.1, -0.05) is 11.8 Å². The smallest absolute Gasteiger partial charge is 0.435 e. The third kappa shape index (κ3) is 3.72. The SMILES string of the molecule is Cc1cc(-n2nc(C(F)(F)F)cc2SCC(=O)O)ncn1. The van der Waals surface area contributed by atoms with Crippen molar-refractivity contribution in [3.63, 3.8) is 0 Å². The Labute approximate surface area is 121 Å². The number of carbonyl (C=O) groups is 1. The molecule has 0 atom stereocenters. The Balaban J connectivity index is 2.46. The number of aryl methyl sites for hydroxylation is 1. The highest BCUT2D eigenvalue weighted by Crippen LogP contribution is 2.32. The quantitative estimate of drug-likeness (QED) is 0.870. The molecule has 112 valence electrons. The van der Waals surface area contributed by atoms with Crippen LogP contribution in [0, 0.1) is 6.92 Å². The van der Waals surface area contributed by atoms with Gasteiger partial charge in [0.2, 0.25) is 0 Å². The number of hydrogen-bond acceptors (Lipinski definition) is 5. The Bertz CT molecular complexity index is 672. The lowest BCUT2D eigenvalue weighted by Gasteiger charge is -2.05. The van der Waals surface area contributed by atoms with Gasteiger partial charge in [0.25, 0.3) is 0 Å². The van der Waals surface area contributed by atoms with E-state index >= 15 is 0 Å². The minimum atomic E-state index is -4.62. The number of carboxylic acid groups (broad SMARTS) is 1. The van der Waals surface area contributed by atoms with Gasteiger partial charge in [0.1, 0.15) is 11.4 Å². The number of nitrogens with zero attached hydrogens (tertiary/aromatic N) is 4. The second-order valence-corrected chi connectivity index (χ2v) is 4.97. The van der Waals surface area contributed by atoms with Crippen molar-refractivity contribution >= 4 is 17.7 Å². The van der Waals surface area contributed by atoms with Crippen molar-refractivity contribution < 1.29 is 23.1 Å². The molecule has 0 saturated carbocycles. The van der Waals surface area contributed by atoms with Gasteiger partial charge in [-0.2, -0.15) is 18.3 Å².